The van der Waals surface area contributed by atoms with Crippen LogP contribution < -0.4 is 0 Å². The second-order valence-corrected chi connectivity index (χ2v) is 4.75. The number of hydrogen-bond donors (Lipinski definition) is 1. The molecule has 5 heteroatoms. The fraction of sp³-hybridized carbons (Fsp3) is 0. The molecule has 1 aromatic carbocycles. The van der Waals surface area contributed by atoms with Crippen molar-refractivity contribution in [3.8, 4) is 10.6 Å². The highest BCUT2D eigenvalue weighted by molar-refractivity contribution is 7.16. The van der Waals surface area contributed by atoms with Gasteiger partial charge in [0, 0.05) is 17.1 Å². The molecule has 3 aromatic rings. The largest absolute Gasteiger partial charge is 0.477 e. The van der Waals surface area contributed by atoms with Crippen LogP contribution >= 0.6 is 11.3 Å². The molecule has 1 N–H and O–H groups in total. The van der Waals surface area contributed by atoms with Crippen LogP contribution in [0.5, 0.6) is 0 Å². The molecule has 88 valence electrons. The summed E-state index contributed by atoms with van der Waals surface area (Å²) in [4.78, 5) is 19.6. The summed E-state index contributed by atoms with van der Waals surface area (Å²) in [6, 6.07) is 9.63. The average molecular weight is 256 g/mol. The third-order valence-electron chi connectivity index (χ3n) is 2.58. The Morgan fingerprint density at radius 3 is 2.78 bits per heavy atom. The first-order chi connectivity index (χ1) is 8.75. The summed E-state index contributed by atoms with van der Waals surface area (Å²) in [7, 11) is 0. The minimum atomic E-state index is -0.952. The van der Waals surface area contributed by atoms with Gasteiger partial charge in [0.1, 0.15) is 9.88 Å². The van der Waals surface area contributed by atoms with E-state index in [-0.39, 0.29) is 4.88 Å². The summed E-state index contributed by atoms with van der Waals surface area (Å²) < 4.78 is 0. The van der Waals surface area contributed by atoms with E-state index in [1.54, 1.807) is 6.20 Å². The molecule has 0 aliphatic rings. The van der Waals surface area contributed by atoms with Gasteiger partial charge in [-0.05, 0) is 12.1 Å². The van der Waals surface area contributed by atoms with Crippen molar-refractivity contribution in [2.75, 3.05) is 0 Å². The van der Waals surface area contributed by atoms with Gasteiger partial charge in [0.2, 0.25) is 0 Å². The Morgan fingerprint density at radius 1 is 1.17 bits per heavy atom. The number of carbonyl (C=O) groups is 1. The van der Waals surface area contributed by atoms with Crippen LogP contribution in [0.2, 0.25) is 0 Å². The van der Waals surface area contributed by atoms with E-state index in [4.69, 9.17) is 5.11 Å². The Morgan fingerprint density at radius 2 is 2.00 bits per heavy atom. The van der Waals surface area contributed by atoms with E-state index in [9.17, 15) is 4.79 Å². The van der Waals surface area contributed by atoms with Gasteiger partial charge in [-0.1, -0.05) is 18.2 Å². The molecule has 2 aromatic heterocycles. The van der Waals surface area contributed by atoms with Gasteiger partial charge in [-0.15, -0.1) is 11.3 Å². The molecule has 0 radical (unpaired) electrons. The zero-order valence-corrected chi connectivity index (χ0v) is 10.0. The summed E-state index contributed by atoms with van der Waals surface area (Å²) in [5, 5.41) is 10.6. The number of pyridine rings is 1. The van der Waals surface area contributed by atoms with E-state index >= 15 is 0 Å². The molecule has 0 aliphatic carbocycles. The number of aromatic carboxylic acids is 1. The Bertz CT molecular complexity index is 731. The van der Waals surface area contributed by atoms with Gasteiger partial charge in [-0.25, -0.2) is 9.78 Å². The first-order valence-electron chi connectivity index (χ1n) is 5.29. The molecule has 3 rings (SSSR count). The molecule has 2 heterocycles. The maximum atomic E-state index is 10.9. The summed E-state index contributed by atoms with van der Waals surface area (Å²) in [6.45, 7) is 0. The van der Waals surface area contributed by atoms with Gasteiger partial charge >= 0.3 is 5.97 Å². The molecule has 4 nitrogen and oxygen atoms in total. The van der Waals surface area contributed by atoms with Gasteiger partial charge < -0.3 is 5.11 Å². The zero-order valence-electron chi connectivity index (χ0n) is 9.20. The Balaban J connectivity index is 2.21. The van der Waals surface area contributed by atoms with Crippen molar-refractivity contribution >= 4 is 28.2 Å². The molecule has 0 bridgehead atoms. The van der Waals surface area contributed by atoms with Crippen molar-refractivity contribution in [2.24, 2.45) is 0 Å². The molecule has 0 spiro atoms. The molecule has 0 atom stereocenters. The maximum absolute atomic E-state index is 10.9. The van der Waals surface area contributed by atoms with Gasteiger partial charge in [0.05, 0.1) is 11.7 Å². The lowest BCUT2D eigenvalue weighted by molar-refractivity contribution is 0.0702. The minimum Gasteiger partial charge on any atom is -0.477 e. The molecular formula is C13H8N2O2S. The van der Waals surface area contributed by atoms with Crippen LogP contribution in [0.15, 0.2) is 42.7 Å². The lowest BCUT2D eigenvalue weighted by Crippen LogP contribution is -1.89. The molecule has 0 aliphatic heterocycles. The van der Waals surface area contributed by atoms with Crippen LogP contribution in [-0.4, -0.2) is 21.0 Å². The molecule has 18 heavy (non-hydrogen) atoms. The molecular weight excluding hydrogens is 248 g/mol. The molecule has 0 saturated heterocycles. The predicted octanol–water partition coefficient (Wildman–Crippen LogP) is 3.06. The third-order valence-corrected chi connectivity index (χ3v) is 3.60. The first-order valence-corrected chi connectivity index (χ1v) is 6.10. The summed E-state index contributed by atoms with van der Waals surface area (Å²) >= 11 is 1.16. The number of carboxylic acids is 1. The van der Waals surface area contributed by atoms with E-state index in [1.807, 2.05) is 30.3 Å². The monoisotopic (exact) mass is 256 g/mol. The summed E-state index contributed by atoms with van der Waals surface area (Å²) in [5.74, 6) is -0.952. The van der Waals surface area contributed by atoms with Crippen LogP contribution in [0, 0.1) is 0 Å². The van der Waals surface area contributed by atoms with E-state index in [2.05, 4.69) is 9.97 Å². The summed E-state index contributed by atoms with van der Waals surface area (Å²) in [6.07, 6.45) is 3.10. The zero-order chi connectivity index (χ0) is 12.5. The molecule has 0 saturated carbocycles. The highest BCUT2D eigenvalue weighted by atomic mass is 32.1. The fourth-order valence-electron chi connectivity index (χ4n) is 1.77. The van der Waals surface area contributed by atoms with E-state index < -0.39 is 5.97 Å². The van der Waals surface area contributed by atoms with Crippen molar-refractivity contribution in [1.82, 2.24) is 9.97 Å². The highest BCUT2D eigenvalue weighted by Gasteiger charge is 2.12. The van der Waals surface area contributed by atoms with Crippen molar-refractivity contribution in [1.29, 1.82) is 0 Å². The number of nitrogens with zero attached hydrogens (tertiary/aromatic N) is 2. The molecule has 0 fully saturated rings. The van der Waals surface area contributed by atoms with Crippen LogP contribution in [0.25, 0.3) is 21.5 Å². The van der Waals surface area contributed by atoms with Crippen molar-refractivity contribution in [2.45, 2.75) is 0 Å². The number of fused-ring (bicyclic) bond motifs is 1. The van der Waals surface area contributed by atoms with Crippen molar-refractivity contribution in [3.05, 3.63) is 47.6 Å². The lowest BCUT2D eigenvalue weighted by Gasteiger charge is -2.01. The number of benzene rings is 1. The molecule has 0 unspecified atom stereocenters. The number of carboxylic acid groups (broad SMARTS) is 1. The summed E-state index contributed by atoms with van der Waals surface area (Å²) in [5.41, 5.74) is 1.71. The molecule has 0 amide bonds. The van der Waals surface area contributed by atoms with Crippen molar-refractivity contribution < 1.29 is 9.90 Å². The lowest BCUT2D eigenvalue weighted by atomic mass is 10.1. The van der Waals surface area contributed by atoms with Gasteiger partial charge in [-0.2, -0.15) is 0 Å². The number of aromatic nitrogens is 2. The van der Waals surface area contributed by atoms with Crippen LogP contribution in [0.1, 0.15) is 9.67 Å². The number of rotatable bonds is 2. The van der Waals surface area contributed by atoms with Crippen molar-refractivity contribution in [3.63, 3.8) is 0 Å². The van der Waals surface area contributed by atoms with E-state index in [1.165, 1.54) is 6.20 Å². The fourth-order valence-corrected chi connectivity index (χ4v) is 2.56. The number of thiazole rings is 1. The average Bonchev–Trinajstić information content (AvgIpc) is 2.87. The number of para-hydroxylation sites is 1. The van der Waals surface area contributed by atoms with Gasteiger partial charge in [0.25, 0.3) is 0 Å². The van der Waals surface area contributed by atoms with Crippen LogP contribution in [0.3, 0.4) is 0 Å². The highest BCUT2D eigenvalue weighted by Crippen LogP contribution is 2.30. The maximum Gasteiger partial charge on any atom is 0.347 e. The smallest absolute Gasteiger partial charge is 0.347 e. The Hall–Kier alpha value is -2.27. The minimum absolute atomic E-state index is 0.234. The van der Waals surface area contributed by atoms with Crippen LogP contribution in [0.4, 0.5) is 0 Å². The Kier molecular flexibility index (Phi) is 2.53. The van der Waals surface area contributed by atoms with Gasteiger partial charge in [0.15, 0.2) is 0 Å². The third kappa shape index (κ3) is 1.74. The van der Waals surface area contributed by atoms with Gasteiger partial charge in [-0.3, -0.25) is 4.98 Å². The second-order valence-electron chi connectivity index (χ2n) is 3.72. The SMILES string of the molecule is O=C(O)c1cnc(-c2cccc3cccnc23)s1. The standard InChI is InChI=1S/C13H8N2O2S/c16-13(17)10-7-15-12(18-10)9-5-1-3-8-4-2-6-14-11(8)9/h1-7H,(H,16,17). The van der Waals surface area contributed by atoms with E-state index in [0.717, 1.165) is 27.8 Å². The second kappa shape index (κ2) is 4.19. The predicted molar refractivity (Wildman–Crippen MR) is 69.8 cm³/mol. The van der Waals surface area contributed by atoms with Crippen LogP contribution in [-0.2, 0) is 0 Å². The topological polar surface area (TPSA) is 63.1 Å². The first kappa shape index (κ1) is 10.9. The quantitative estimate of drug-likeness (QED) is 0.765. The van der Waals surface area contributed by atoms with E-state index in [0.29, 0.717) is 5.01 Å². The normalized spacial score (nSPS) is 10.7. The Labute approximate surface area is 107 Å². The number of hydrogen-bond acceptors (Lipinski definition) is 4.